The summed E-state index contributed by atoms with van der Waals surface area (Å²) in [5.74, 6) is 0.0392. The van der Waals surface area contributed by atoms with Crippen molar-refractivity contribution in [2.24, 2.45) is 0 Å². The first-order valence-corrected chi connectivity index (χ1v) is 9.66. The van der Waals surface area contributed by atoms with Crippen LogP contribution in [0.4, 0.5) is 4.79 Å². The van der Waals surface area contributed by atoms with Gasteiger partial charge in [0.2, 0.25) is 11.8 Å². The minimum absolute atomic E-state index is 0.152. The Labute approximate surface area is 160 Å². The number of urea groups is 1. The normalized spacial score (nSPS) is 18.6. The van der Waals surface area contributed by atoms with Crippen LogP contribution in [0.2, 0.25) is 0 Å². The maximum absolute atomic E-state index is 12.5. The lowest BCUT2D eigenvalue weighted by Gasteiger charge is -2.34. The van der Waals surface area contributed by atoms with Crippen LogP contribution in [0.1, 0.15) is 37.7 Å². The fraction of sp³-hybridized carbons (Fsp3) is 0.550. The van der Waals surface area contributed by atoms with Gasteiger partial charge in [0, 0.05) is 38.6 Å². The maximum atomic E-state index is 12.5. The lowest BCUT2D eigenvalue weighted by atomic mass is 9.97. The molecule has 4 amide bonds. The molecule has 0 aromatic heterocycles. The molecule has 0 unspecified atom stereocenters. The van der Waals surface area contributed by atoms with Crippen molar-refractivity contribution in [2.45, 2.75) is 38.1 Å². The van der Waals surface area contributed by atoms with Gasteiger partial charge in [0.05, 0.1) is 6.54 Å². The summed E-state index contributed by atoms with van der Waals surface area (Å²) in [6, 6.07) is 9.87. The third kappa shape index (κ3) is 6.06. The van der Waals surface area contributed by atoms with Crippen LogP contribution < -0.4 is 10.6 Å². The molecule has 1 saturated heterocycles. The summed E-state index contributed by atoms with van der Waals surface area (Å²) in [5.41, 5.74) is 1.17. The van der Waals surface area contributed by atoms with E-state index in [1.807, 2.05) is 40.1 Å². The zero-order valence-electron chi connectivity index (χ0n) is 15.8. The van der Waals surface area contributed by atoms with Gasteiger partial charge in [0.1, 0.15) is 0 Å². The first-order chi connectivity index (χ1) is 13.0. The van der Waals surface area contributed by atoms with Crippen molar-refractivity contribution in [2.75, 3.05) is 32.7 Å². The second-order valence-corrected chi connectivity index (χ2v) is 7.47. The predicted octanol–water partition coefficient (Wildman–Crippen LogP) is 1.31. The zero-order chi connectivity index (χ0) is 19.2. The number of hydrogen-bond donors (Lipinski definition) is 2. The first-order valence-electron chi connectivity index (χ1n) is 9.66. The van der Waals surface area contributed by atoms with Crippen LogP contribution in [0.25, 0.3) is 0 Å². The Balaban J connectivity index is 1.37. The number of carbonyl (C=O) groups excluding carboxylic acids is 3. The molecule has 1 atom stereocenters. The molecule has 146 valence electrons. The average molecular weight is 372 g/mol. The van der Waals surface area contributed by atoms with Crippen molar-refractivity contribution in [3.8, 4) is 0 Å². The van der Waals surface area contributed by atoms with Crippen LogP contribution in [0.15, 0.2) is 30.3 Å². The van der Waals surface area contributed by atoms with Crippen molar-refractivity contribution in [1.29, 1.82) is 0 Å². The highest BCUT2D eigenvalue weighted by Gasteiger charge is 2.26. The number of benzene rings is 1. The molecule has 2 aliphatic rings. The van der Waals surface area contributed by atoms with E-state index in [0.29, 0.717) is 32.6 Å². The highest BCUT2D eigenvalue weighted by atomic mass is 16.2. The van der Waals surface area contributed by atoms with Gasteiger partial charge in [-0.25, -0.2) is 4.79 Å². The first kappa shape index (κ1) is 19.4. The molecule has 27 heavy (non-hydrogen) atoms. The third-order valence-electron chi connectivity index (χ3n) is 5.11. The van der Waals surface area contributed by atoms with Gasteiger partial charge in [-0.1, -0.05) is 37.3 Å². The van der Waals surface area contributed by atoms with Gasteiger partial charge in [-0.3, -0.25) is 19.8 Å². The molecule has 2 N–H and O–H groups in total. The standard InChI is InChI=1S/C20H28N4O3/c1-15(16-5-3-2-4-6-16)13-19(26)24-11-9-23(10-12-24)14-18(25)22-20(27)21-17-7-8-17/h2-6,15,17H,7-14H2,1H3,(H2,21,22,25,27)/t15-/m0/s1. The fourth-order valence-corrected chi connectivity index (χ4v) is 3.26. The van der Waals surface area contributed by atoms with E-state index in [9.17, 15) is 14.4 Å². The third-order valence-corrected chi connectivity index (χ3v) is 5.11. The van der Waals surface area contributed by atoms with E-state index in [1.165, 1.54) is 5.56 Å². The lowest BCUT2D eigenvalue weighted by Crippen LogP contribution is -2.52. The van der Waals surface area contributed by atoms with E-state index in [4.69, 9.17) is 0 Å². The molecule has 3 rings (SSSR count). The number of nitrogens with zero attached hydrogens (tertiary/aromatic N) is 2. The molecule has 2 fully saturated rings. The van der Waals surface area contributed by atoms with E-state index in [1.54, 1.807) is 0 Å². The molecule has 7 nitrogen and oxygen atoms in total. The molecule has 1 aliphatic carbocycles. The minimum atomic E-state index is -0.411. The van der Waals surface area contributed by atoms with Gasteiger partial charge >= 0.3 is 6.03 Å². The molecule has 0 spiro atoms. The Morgan fingerprint density at radius 3 is 2.37 bits per heavy atom. The molecule has 0 radical (unpaired) electrons. The smallest absolute Gasteiger partial charge is 0.321 e. The molecule has 1 aromatic carbocycles. The Bertz CT molecular complexity index is 667. The summed E-state index contributed by atoms with van der Waals surface area (Å²) in [7, 11) is 0. The molecular formula is C20H28N4O3. The Morgan fingerprint density at radius 1 is 1.07 bits per heavy atom. The van der Waals surface area contributed by atoms with Gasteiger partial charge in [0.15, 0.2) is 0 Å². The van der Waals surface area contributed by atoms with Gasteiger partial charge in [-0.2, -0.15) is 0 Å². The van der Waals surface area contributed by atoms with Gasteiger partial charge in [0.25, 0.3) is 0 Å². The lowest BCUT2D eigenvalue weighted by molar-refractivity contribution is -0.133. The fourth-order valence-electron chi connectivity index (χ4n) is 3.26. The van der Waals surface area contributed by atoms with Crippen molar-refractivity contribution in [1.82, 2.24) is 20.4 Å². The number of rotatable bonds is 6. The molecule has 1 aliphatic heterocycles. The molecular weight excluding hydrogens is 344 g/mol. The van der Waals surface area contributed by atoms with Gasteiger partial charge in [-0.15, -0.1) is 0 Å². The molecule has 1 aromatic rings. The Hall–Kier alpha value is -2.41. The molecule has 7 heteroatoms. The predicted molar refractivity (Wildman–Crippen MR) is 102 cm³/mol. The summed E-state index contributed by atoms with van der Waals surface area (Å²) in [6.45, 7) is 4.76. The van der Waals surface area contributed by atoms with E-state index >= 15 is 0 Å². The van der Waals surface area contributed by atoms with Gasteiger partial charge in [-0.05, 0) is 24.3 Å². The van der Waals surface area contributed by atoms with Crippen LogP contribution >= 0.6 is 0 Å². The number of amides is 4. The van der Waals surface area contributed by atoms with Crippen LogP contribution in [0.3, 0.4) is 0 Å². The number of hydrogen-bond acceptors (Lipinski definition) is 4. The summed E-state index contributed by atoms with van der Waals surface area (Å²) in [5, 5.41) is 5.10. The second-order valence-electron chi connectivity index (χ2n) is 7.47. The zero-order valence-corrected chi connectivity index (χ0v) is 15.8. The monoisotopic (exact) mass is 372 g/mol. The Kier molecular flexibility index (Phi) is 6.45. The van der Waals surface area contributed by atoms with E-state index < -0.39 is 6.03 Å². The quantitative estimate of drug-likeness (QED) is 0.789. The molecule has 1 heterocycles. The Morgan fingerprint density at radius 2 is 1.74 bits per heavy atom. The van der Waals surface area contributed by atoms with Gasteiger partial charge < -0.3 is 10.2 Å². The van der Waals surface area contributed by atoms with Crippen LogP contribution in [0, 0.1) is 0 Å². The summed E-state index contributed by atoms with van der Waals surface area (Å²) in [4.78, 5) is 39.9. The maximum Gasteiger partial charge on any atom is 0.321 e. The van der Waals surface area contributed by atoms with Crippen LogP contribution in [-0.2, 0) is 9.59 Å². The number of nitrogens with one attached hydrogen (secondary N) is 2. The summed E-state index contributed by atoms with van der Waals surface area (Å²) < 4.78 is 0. The van der Waals surface area contributed by atoms with Crippen molar-refractivity contribution >= 4 is 17.8 Å². The average Bonchev–Trinajstić information content (AvgIpc) is 3.46. The molecule has 0 bridgehead atoms. The minimum Gasteiger partial charge on any atom is -0.340 e. The van der Waals surface area contributed by atoms with E-state index in [2.05, 4.69) is 17.6 Å². The highest BCUT2D eigenvalue weighted by Crippen LogP contribution is 2.20. The van der Waals surface area contributed by atoms with Crippen molar-refractivity contribution in [3.63, 3.8) is 0 Å². The van der Waals surface area contributed by atoms with Crippen molar-refractivity contribution < 1.29 is 14.4 Å². The van der Waals surface area contributed by atoms with E-state index in [0.717, 1.165) is 12.8 Å². The van der Waals surface area contributed by atoms with Crippen molar-refractivity contribution in [3.05, 3.63) is 35.9 Å². The number of piperazine rings is 1. The molecule has 1 saturated carbocycles. The van der Waals surface area contributed by atoms with Crippen LogP contribution in [-0.4, -0.2) is 66.4 Å². The van der Waals surface area contributed by atoms with E-state index in [-0.39, 0.29) is 30.3 Å². The van der Waals surface area contributed by atoms with Crippen LogP contribution in [0.5, 0.6) is 0 Å². The summed E-state index contributed by atoms with van der Waals surface area (Å²) in [6.07, 6.45) is 2.47. The second kappa shape index (κ2) is 8.99. The summed E-state index contributed by atoms with van der Waals surface area (Å²) >= 11 is 0. The number of carbonyl (C=O) groups is 3. The number of imide groups is 1. The largest absolute Gasteiger partial charge is 0.340 e. The topological polar surface area (TPSA) is 81.8 Å². The SMILES string of the molecule is C[C@@H](CC(=O)N1CCN(CC(=O)NC(=O)NC2CC2)CC1)c1ccccc1. The highest BCUT2D eigenvalue weighted by molar-refractivity contribution is 5.95.